The Labute approximate surface area is 140 Å². The van der Waals surface area contributed by atoms with Crippen molar-refractivity contribution in [3.63, 3.8) is 0 Å². The van der Waals surface area contributed by atoms with Crippen LogP contribution in [0.25, 0.3) is 0 Å². The fourth-order valence-electron chi connectivity index (χ4n) is 2.90. The van der Waals surface area contributed by atoms with Crippen molar-refractivity contribution < 1.29 is 14.0 Å². The van der Waals surface area contributed by atoms with E-state index >= 15 is 0 Å². The number of amides is 2. The van der Waals surface area contributed by atoms with Crippen LogP contribution in [0.2, 0.25) is 0 Å². The van der Waals surface area contributed by atoms with Gasteiger partial charge in [-0.1, -0.05) is 30.3 Å². The first-order valence-electron chi connectivity index (χ1n) is 8.07. The molecule has 6 nitrogen and oxygen atoms in total. The smallest absolute Gasteiger partial charge is 0.257 e. The molecule has 1 saturated heterocycles. The van der Waals surface area contributed by atoms with Crippen molar-refractivity contribution in [2.75, 3.05) is 13.1 Å². The first-order valence-corrected chi connectivity index (χ1v) is 8.07. The summed E-state index contributed by atoms with van der Waals surface area (Å²) in [5.74, 6) is -0.213. The van der Waals surface area contributed by atoms with Gasteiger partial charge in [-0.2, -0.15) is 0 Å². The molecule has 2 heterocycles. The molecule has 24 heavy (non-hydrogen) atoms. The minimum atomic E-state index is -0.670. The third-order valence-corrected chi connectivity index (χ3v) is 4.34. The topological polar surface area (TPSA) is 88.6 Å². The van der Waals surface area contributed by atoms with Crippen LogP contribution in [0.5, 0.6) is 0 Å². The summed E-state index contributed by atoms with van der Waals surface area (Å²) in [6, 6.07) is 10.3. The second-order valence-electron chi connectivity index (χ2n) is 5.98. The molecular weight excluding hydrogens is 306 g/mol. The quantitative estimate of drug-likeness (QED) is 0.894. The highest BCUT2D eigenvalue weighted by Crippen LogP contribution is 2.16. The monoisotopic (exact) mass is 327 g/mol. The molecule has 0 aliphatic carbocycles. The van der Waals surface area contributed by atoms with E-state index in [1.54, 1.807) is 11.0 Å². The van der Waals surface area contributed by atoms with Crippen molar-refractivity contribution in [2.45, 2.75) is 24.9 Å². The number of rotatable bonds is 4. The van der Waals surface area contributed by atoms with Crippen LogP contribution in [0.15, 0.2) is 53.3 Å². The van der Waals surface area contributed by atoms with Gasteiger partial charge in [0.05, 0.1) is 11.8 Å². The summed E-state index contributed by atoms with van der Waals surface area (Å²) in [4.78, 5) is 26.3. The number of hydrogen-bond acceptors (Lipinski definition) is 4. The molecule has 3 N–H and O–H groups in total. The minimum Gasteiger partial charge on any atom is -0.472 e. The maximum absolute atomic E-state index is 12.3. The number of likely N-dealkylation sites (tertiary alicyclic amines) is 1. The van der Waals surface area contributed by atoms with Gasteiger partial charge >= 0.3 is 0 Å². The molecule has 1 fully saturated rings. The number of nitrogens with two attached hydrogens (primary N) is 1. The lowest BCUT2D eigenvalue weighted by molar-refractivity contribution is -0.123. The summed E-state index contributed by atoms with van der Waals surface area (Å²) in [6.45, 7) is 1.21. The molecule has 1 unspecified atom stereocenters. The Balaban J connectivity index is 1.50. The lowest BCUT2D eigenvalue weighted by Gasteiger charge is -2.32. The summed E-state index contributed by atoms with van der Waals surface area (Å²) in [7, 11) is 0. The molecule has 1 aliphatic rings. The fraction of sp³-hybridized carbons (Fsp3) is 0.333. The van der Waals surface area contributed by atoms with Crippen LogP contribution in [0.4, 0.5) is 0 Å². The highest BCUT2D eigenvalue weighted by molar-refractivity contribution is 5.93. The van der Waals surface area contributed by atoms with Crippen molar-refractivity contribution in [3.8, 4) is 0 Å². The minimum absolute atomic E-state index is 0.0329. The molecular formula is C18H21N3O3. The van der Waals surface area contributed by atoms with E-state index in [1.807, 2.05) is 30.3 Å². The van der Waals surface area contributed by atoms with Gasteiger partial charge in [-0.25, -0.2) is 0 Å². The molecule has 0 spiro atoms. The van der Waals surface area contributed by atoms with Crippen LogP contribution in [0.1, 0.15) is 34.8 Å². The molecule has 2 aromatic rings. The van der Waals surface area contributed by atoms with E-state index in [9.17, 15) is 9.59 Å². The SMILES string of the molecule is NC(C(=O)NC1CCN(C(=O)c2ccoc2)CC1)c1ccccc1. The first kappa shape index (κ1) is 16.3. The molecule has 3 rings (SSSR count). The number of nitrogens with one attached hydrogen (secondary N) is 1. The summed E-state index contributed by atoms with van der Waals surface area (Å²) < 4.78 is 4.95. The molecule has 1 atom stereocenters. The van der Waals surface area contributed by atoms with Crippen molar-refractivity contribution in [2.24, 2.45) is 5.73 Å². The number of benzene rings is 1. The number of carbonyl (C=O) groups is 2. The van der Waals surface area contributed by atoms with Crippen LogP contribution in [0, 0.1) is 0 Å². The Bertz CT molecular complexity index is 677. The molecule has 0 bridgehead atoms. The summed E-state index contributed by atoms with van der Waals surface area (Å²) >= 11 is 0. The third-order valence-electron chi connectivity index (χ3n) is 4.34. The number of furan rings is 1. The summed E-state index contributed by atoms with van der Waals surface area (Å²) in [5, 5.41) is 2.99. The van der Waals surface area contributed by atoms with Gasteiger partial charge in [0, 0.05) is 19.1 Å². The Hall–Kier alpha value is -2.60. The number of nitrogens with zero attached hydrogens (tertiary/aromatic N) is 1. The van der Waals surface area contributed by atoms with Gasteiger partial charge in [0.1, 0.15) is 12.3 Å². The van der Waals surface area contributed by atoms with Crippen LogP contribution in [0.3, 0.4) is 0 Å². The van der Waals surface area contributed by atoms with E-state index in [2.05, 4.69) is 5.32 Å². The Morgan fingerprint density at radius 2 is 1.88 bits per heavy atom. The van der Waals surface area contributed by atoms with E-state index in [-0.39, 0.29) is 17.9 Å². The molecule has 1 aliphatic heterocycles. The zero-order valence-corrected chi connectivity index (χ0v) is 13.4. The van der Waals surface area contributed by atoms with Crippen molar-refractivity contribution in [1.82, 2.24) is 10.2 Å². The van der Waals surface area contributed by atoms with Gasteiger partial charge in [-0.15, -0.1) is 0 Å². The second kappa shape index (κ2) is 7.31. The van der Waals surface area contributed by atoms with E-state index in [4.69, 9.17) is 10.2 Å². The molecule has 2 amide bonds. The molecule has 6 heteroatoms. The van der Waals surface area contributed by atoms with Crippen LogP contribution < -0.4 is 11.1 Å². The first-order chi connectivity index (χ1) is 11.6. The second-order valence-corrected chi connectivity index (χ2v) is 5.98. The lowest BCUT2D eigenvalue weighted by atomic mass is 10.0. The maximum Gasteiger partial charge on any atom is 0.257 e. The van der Waals surface area contributed by atoms with E-state index in [0.29, 0.717) is 18.7 Å². The normalized spacial score (nSPS) is 16.6. The summed E-state index contributed by atoms with van der Waals surface area (Å²) in [5.41, 5.74) is 7.36. The molecule has 0 saturated carbocycles. The van der Waals surface area contributed by atoms with Crippen LogP contribution >= 0.6 is 0 Å². The molecule has 126 valence electrons. The molecule has 1 aromatic carbocycles. The molecule has 0 radical (unpaired) electrons. The van der Waals surface area contributed by atoms with E-state index in [0.717, 1.165) is 18.4 Å². The number of carbonyl (C=O) groups excluding carboxylic acids is 2. The Kier molecular flexibility index (Phi) is 4.96. The lowest BCUT2D eigenvalue weighted by Crippen LogP contribution is -2.48. The zero-order chi connectivity index (χ0) is 16.9. The predicted octanol–water partition coefficient (Wildman–Crippen LogP) is 1.70. The Morgan fingerprint density at radius 1 is 1.17 bits per heavy atom. The highest BCUT2D eigenvalue weighted by Gasteiger charge is 2.26. The van der Waals surface area contributed by atoms with Gasteiger partial charge < -0.3 is 20.4 Å². The predicted molar refractivity (Wildman–Crippen MR) is 89.1 cm³/mol. The van der Waals surface area contributed by atoms with Crippen LogP contribution in [-0.4, -0.2) is 35.8 Å². The number of piperidine rings is 1. The third kappa shape index (κ3) is 3.65. The van der Waals surface area contributed by atoms with Crippen LogP contribution in [-0.2, 0) is 4.79 Å². The average molecular weight is 327 g/mol. The van der Waals surface area contributed by atoms with E-state index < -0.39 is 6.04 Å². The van der Waals surface area contributed by atoms with Crippen molar-refractivity contribution >= 4 is 11.8 Å². The zero-order valence-electron chi connectivity index (χ0n) is 13.4. The Morgan fingerprint density at radius 3 is 2.50 bits per heavy atom. The summed E-state index contributed by atoms with van der Waals surface area (Å²) in [6.07, 6.45) is 4.38. The van der Waals surface area contributed by atoms with Gasteiger partial charge in [0.2, 0.25) is 5.91 Å². The fourth-order valence-corrected chi connectivity index (χ4v) is 2.90. The largest absolute Gasteiger partial charge is 0.472 e. The standard InChI is InChI=1S/C18H21N3O3/c19-16(13-4-2-1-3-5-13)17(22)20-15-6-9-21(10-7-15)18(23)14-8-11-24-12-14/h1-5,8,11-12,15-16H,6-7,9-10,19H2,(H,20,22). The maximum atomic E-state index is 12.3. The van der Waals surface area contributed by atoms with Gasteiger partial charge in [0.15, 0.2) is 0 Å². The van der Waals surface area contributed by atoms with Gasteiger partial charge in [-0.05, 0) is 24.5 Å². The van der Waals surface area contributed by atoms with Gasteiger partial charge in [-0.3, -0.25) is 9.59 Å². The highest BCUT2D eigenvalue weighted by atomic mass is 16.3. The van der Waals surface area contributed by atoms with Crippen molar-refractivity contribution in [1.29, 1.82) is 0 Å². The molecule has 1 aromatic heterocycles. The number of hydrogen-bond donors (Lipinski definition) is 2. The van der Waals surface area contributed by atoms with Crippen molar-refractivity contribution in [3.05, 3.63) is 60.1 Å². The average Bonchev–Trinajstić information content (AvgIpc) is 3.16. The van der Waals surface area contributed by atoms with E-state index in [1.165, 1.54) is 12.5 Å². The van der Waals surface area contributed by atoms with Gasteiger partial charge in [0.25, 0.3) is 5.91 Å².